The average Bonchev–Trinajstić information content (AvgIpc) is 2.40. The maximum absolute atomic E-state index is 12.7. The Morgan fingerprint density at radius 3 is 2.35 bits per heavy atom. The zero-order valence-electron chi connectivity index (χ0n) is 12.5. The summed E-state index contributed by atoms with van der Waals surface area (Å²) in [6.45, 7) is 8.27. The molecule has 1 saturated heterocycles. The van der Waals surface area contributed by atoms with Gasteiger partial charge in [-0.15, -0.1) is 0 Å². The summed E-state index contributed by atoms with van der Waals surface area (Å²) in [5.74, 6) is 0.182. The molecule has 1 aromatic carbocycles. The first-order valence-electron chi connectivity index (χ1n) is 7.01. The SMILES string of the molecule is CC(C)CN1C(=O)C(c2ccccc2)NC(=O)C1(C)C. The van der Waals surface area contributed by atoms with Crippen molar-refractivity contribution in [1.82, 2.24) is 10.2 Å². The average molecular weight is 274 g/mol. The predicted octanol–water partition coefficient (Wildman–Crippen LogP) is 2.12. The van der Waals surface area contributed by atoms with Gasteiger partial charge >= 0.3 is 0 Å². The summed E-state index contributed by atoms with van der Waals surface area (Å²) < 4.78 is 0. The zero-order valence-corrected chi connectivity index (χ0v) is 12.5. The summed E-state index contributed by atoms with van der Waals surface area (Å²) in [6.07, 6.45) is 0. The number of carbonyl (C=O) groups is 2. The second-order valence-electron chi connectivity index (χ2n) is 6.22. The highest BCUT2D eigenvalue weighted by Crippen LogP contribution is 2.28. The molecule has 4 nitrogen and oxygen atoms in total. The zero-order chi connectivity index (χ0) is 14.9. The van der Waals surface area contributed by atoms with Crippen molar-refractivity contribution in [2.75, 3.05) is 6.54 Å². The lowest BCUT2D eigenvalue weighted by molar-refractivity contribution is -0.156. The first-order chi connectivity index (χ1) is 9.34. The molecule has 2 rings (SSSR count). The molecule has 1 aromatic rings. The standard InChI is InChI=1S/C16H22N2O2/c1-11(2)10-18-14(19)13(12-8-6-5-7-9-12)17-15(20)16(18,3)4/h5-9,11,13H,10H2,1-4H3,(H,17,20). The van der Waals surface area contributed by atoms with Gasteiger partial charge in [0, 0.05) is 6.54 Å². The molecule has 1 unspecified atom stereocenters. The molecule has 1 heterocycles. The quantitative estimate of drug-likeness (QED) is 0.918. The van der Waals surface area contributed by atoms with Gasteiger partial charge in [0.1, 0.15) is 11.6 Å². The topological polar surface area (TPSA) is 49.4 Å². The Morgan fingerprint density at radius 1 is 1.20 bits per heavy atom. The van der Waals surface area contributed by atoms with Crippen LogP contribution in [0.2, 0.25) is 0 Å². The van der Waals surface area contributed by atoms with Crippen LogP contribution >= 0.6 is 0 Å². The minimum absolute atomic E-state index is 0.0329. The fourth-order valence-corrected chi connectivity index (χ4v) is 2.48. The molecule has 0 radical (unpaired) electrons. The molecule has 108 valence electrons. The van der Waals surface area contributed by atoms with Crippen LogP contribution in [-0.2, 0) is 9.59 Å². The Morgan fingerprint density at radius 2 is 1.80 bits per heavy atom. The molecule has 1 N–H and O–H groups in total. The van der Waals surface area contributed by atoms with E-state index in [0.717, 1.165) is 5.56 Å². The van der Waals surface area contributed by atoms with Crippen LogP contribution in [-0.4, -0.2) is 28.8 Å². The summed E-state index contributed by atoms with van der Waals surface area (Å²) >= 11 is 0. The van der Waals surface area contributed by atoms with Gasteiger partial charge in [0.05, 0.1) is 0 Å². The highest BCUT2D eigenvalue weighted by atomic mass is 16.2. The van der Waals surface area contributed by atoms with Crippen LogP contribution in [0.4, 0.5) is 0 Å². The smallest absolute Gasteiger partial charge is 0.250 e. The van der Waals surface area contributed by atoms with Gasteiger partial charge in [0.15, 0.2) is 0 Å². The Balaban J connectivity index is 2.35. The van der Waals surface area contributed by atoms with Crippen LogP contribution in [0.25, 0.3) is 0 Å². The van der Waals surface area contributed by atoms with E-state index in [-0.39, 0.29) is 11.8 Å². The third-order valence-corrected chi connectivity index (χ3v) is 3.70. The first kappa shape index (κ1) is 14.6. The Labute approximate surface area is 120 Å². The molecular formula is C16H22N2O2. The summed E-state index contributed by atoms with van der Waals surface area (Å²) in [5.41, 5.74) is 0.0298. The number of piperazine rings is 1. The fourth-order valence-electron chi connectivity index (χ4n) is 2.48. The number of carbonyl (C=O) groups excluding carboxylic acids is 2. The summed E-state index contributed by atoms with van der Waals surface area (Å²) in [4.78, 5) is 26.8. The molecule has 1 atom stereocenters. The third kappa shape index (κ3) is 2.55. The summed E-state index contributed by atoms with van der Waals surface area (Å²) in [6, 6.07) is 8.82. The number of amides is 2. The van der Waals surface area contributed by atoms with Crippen LogP contribution in [0.5, 0.6) is 0 Å². The van der Waals surface area contributed by atoms with E-state index in [1.54, 1.807) is 18.7 Å². The lowest BCUT2D eigenvalue weighted by Gasteiger charge is -2.45. The van der Waals surface area contributed by atoms with Crippen LogP contribution in [0.3, 0.4) is 0 Å². The fraction of sp³-hybridized carbons (Fsp3) is 0.500. The van der Waals surface area contributed by atoms with Gasteiger partial charge in [-0.3, -0.25) is 9.59 Å². The third-order valence-electron chi connectivity index (χ3n) is 3.70. The minimum Gasteiger partial charge on any atom is -0.338 e. The molecular weight excluding hydrogens is 252 g/mol. The molecule has 1 aliphatic rings. The molecule has 0 bridgehead atoms. The van der Waals surface area contributed by atoms with Gasteiger partial charge in [-0.25, -0.2) is 0 Å². The molecule has 0 spiro atoms. The number of nitrogens with zero attached hydrogens (tertiary/aromatic N) is 1. The molecule has 0 aromatic heterocycles. The second kappa shape index (κ2) is 5.27. The van der Waals surface area contributed by atoms with E-state index in [1.807, 2.05) is 44.2 Å². The van der Waals surface area contributed by atoms with Gasteiger partial charge in [0.25, 0.3) is 5.91 Å². The van der Waals surface area contributed by atoms with Crippen molar-refractivity contribution in [3.63, 3.8) is 0 Å². The van der Waals surface area contributed by atoms with E-state index in [1.165, 1.54) is 0 Å². The normalized spacial score (nSPS) is 22.1. The van der Waals surface area contributed by atoms with Crippen molar-refractivity contribution in [2.24, 2.45) is 5.92 Å². The van der Waals surface area contributed by atoms with Gasteiger partial charge in [-0.1, -0.05) is 44.2 Å². The molecule has 4 heteroatoms. The van der Waals surface area contributed by atoms with Crippen molar-refractivity contribution >= 4 is 11.8 Å². The van der Waals surface area contributed by atoms with Crippen molar-refractivity contribution in [3.8, 4) is 0 Å². The van der Waals surface area contributed by atoms with Gasteiger partial charge in [-0.2, -0.15) is 0 Å². The van der Waals surface area contributed by atoms with Crippen LogP contribution in [0, 0.1) is 5.92 Å². The Kier molecular flexibility index (Phi) is 3.84. The number of nitrogens with one attached hydrogen (secondary N) is 1. The number of benzene rings is 1. The molecule has 1 aliphatic heterocycles. The first-order valence-corrected chi connectivity index (χ1v) is 7.01. The molecule has 0 aliphatic carbocycles. The molecule has 1 fully saturated rings. The van der Waals surface area contributed by atoms with E-state index in [0.29, 0.717) is 12.5 Å². The second-order valence-corrected chi connectivity index (χ2v) is 6.22. The summed E-state index contributed by atoms with van der Waals surface area (Å²) in [7, 11) is 0. The van der Waals surface area contributed by atoms with E-state index >= 15 is 0 Å². The van der Waals surface area contributed by atoms with Crippen molar-refractivity contribution in [3.05, 3.63) is 35.9 Å². The number of rotatable bonds is 3. The predicted molar refractivity (Wildman–Crippen MR) is 78.0 cm³/mol. The summed E-state index contributed by atoms with van der Waals surface area (Å²) in [5, 5.41) is 2.85. The lowest BCUT2D eigenvalue weighted by atomic mass is 9.91. The molecule has 2 amide bonds. The number of hydrogen-bond donors (Lipinski definition) is 1. The minimum atomic E-state index is -0.799. The Hall–Kier alpha value is -1.84. The largest absolute Gasteiger partial charge is 0.338 e. The van der Waals surface area contributed by atoms with E-state index in [4.69, 9.17) is 0 Å². The van der Waals surface area contributed by atoms with E-state index < -0.39 is 11.6 Å². The highest BCUT2D eigenvalue weighted by molar-refractivity contribution is 5.99. The maximum Gasteiger partial charge on any atom is 0.250 e. The van der Waals surface area contributed by atoms with Crippen LogP contribution < -0.4 is 5.32 Å². The van der Waals surface area contributed by atoms with Gasteiger partial charge in [-0.05, 0) is 25.3 Å². The van der Waals surface area contributed by atoms with Crippen LogP contribution in [0.1, 0.15) is 39.3 Å². The van der Waals surface area contributed by atoms with Crippen molar-refractivity contribution in [2.45, 2.75) is 39.3 Å². The van der Waals surface area contributed by atoms with Crippen LogP contribution in [0.15, 0.2) is 30.3 Å². The van der Waals surface area contributed by atoms with E-state index in [9.17, 15) is 9.59 Å². The van der Waals surface area contributed by atoms with Gasteiger partial charge < -0.3 is 10.2 Å². The van der Waals surface area contributed by atoms with Crippen molar-refractivity contribution < 1.29 is 9.59 Å². The molecule has 20 heavy (non-hydrogen) atoms. The van der Waals surface area contributed by atoms with Crippen molar-refractivity contribution in [1.29, 1.82) is 0 Å². The van der Waals surface area contributed by atoms with Gasteiger partial charge in [0.2, 0.25) is 5.91 Å². The lowest BCUT2D eigenvalue weighted by Crippen LogP contribution is -2.65. The molecule has 0 saturated carbocycles. The van der Waals surface area contributed by atoms with E-state index in [2.05, 4.69) is 5.32 Å². The highest BCUT2D eigenvalue weighted by Gasteiger charge is 2.46. The Bertz CT molecular complexity index is 508. The number of hydrogen-bond acceptors (Lipinski definition) is 2. The monoisotopic (exact) mass is 274 g/mol. The maximum atomic E-state index is 12.7.